The molecule has 0 aromatic heterocycles. The second-order valence-electron chi connectivity index (χ2n) is 7.83. The Hall–Kier alpha value is -1.93. The van der Waals surface area contributed by atoms with Crippen molar-refractivity contribution in [1.82, 2.24) is 9.62 Å². The molecular formula is C22H34N2O5S. The second-order valence-corrected chi connectivity index (χ2v) is 9.77. The quantitative estimate of drug-likeness (QED) is 0.567. The smallest absolute Gasteiger partial charge is 0.306 e. The molecule has 0 aliphatic heterocycles. The first-order chi connectivity index (χ1) is 14.3. The van der Waals surface area contributed by atoms with E-state index in [9.17, 15) is 18.0 Å². The van der Waals surface area contributed by atoms with Gasteiger partial charge in [-0.2, -0.15) is 4.31 Å². The molecule has 1 aromatic rings. The first-order valence-corrected chi connectivity index (χ1v) is 12.3. The van der Waals surface area contributed by atoms with Gasteiger partial charge in [-0.25, -0.2) is 8.42 Å². The van der Waals surface area contributed by atoms with Crippen LogP contribution in [0, 0.1) is 5.92 Å². The molecule has 30 heavy (non-hydrogen) atoms. The highest BCUT2D eigenvalue weighted by atomic mass is 32.2. The van der Waals surface area contributed by atoms with Crippen molar-refractivity contribution in [1.29, 1.82) is 0 Å². The van der Waals surface area contributed by atoms with Crippen LogP contribution in [0.5, 0.6) is 0 Å². The Labute approximate surface area is 180 Å². The molecule has 1 aromatic carbocycles. The zero-order chi connectivity index (χ0) is 22.1. The van der Waals surface area contributed by atoms with Gasteiger partial charge in [-0.05, 0) is 42.9 Å². The number of sulfonamides is 1. The lowest BCUT2D eigenvalue weighted by Gasteiger charge is -2.29. The molecule has 1 N–H and O–H groups in total. The molecule has 1 aliphatic rings. The van der Waals surface area contributed by atoms with E-state index in [2.05, 4.69) is 12.2 Å². The number of amides is 1. The molecule has 8 heteroatoms. The van der Waals surface area contributed by atoms with Gasteiger partial charge in [0.2, 0.25) is 10.0 Å². The third-order valence-corrected chi connectivity index (χ3v) is 7.77. The largest absolute Gasteiger partial charge is 0.456 e. The van der Waals surface area contributed by atoms with Gasteiger partial charge >= 0.3 is 5.97 Å². The van der Waals surface area contributed by atoms with Crippen molar-refractivity contribution in [3.63, 3.8) is 0 Å². The first-order valence-electron chi connectivity index (χ1n) is 10.8. The zero-order valence-corrected chi connectivity index (χ0v) is 19.0. The number of hydrogen-bond donors (Lipinski definition) is 1. The highest BCUT2D eigenvalue weighted by Crippen LogP contribution is 2.23. The predicted octanol–water partition coefficient (Wildman–Crippen LogP) is 2.89. The van der Waals surface area contributed by atoms with Crippen LogP contribution in [0.15, 0.2) is 29.2 Å². The molecule has 2 unspecified atom stereocenters. The number of nitrogens with zero attached hydrogens (tertiary/aromatic N) is 1. The van der Waals surface area contributed by atoms with Crippen LogP contribution in [0.25, 0.3) is 0 Å². The summed E-state index contributed by atoms with van der Waals surface area (Å²) in [6, 6.07) is 6.71. The maximum absolute atomic E-state index is 12.5. The van der Waals surface area contributed by atoms with Crippen molar-refractivity contribution in [2.45, 2.75) is 70.2 Å². The van der Waals surface area contributed by atoms with Crippen molar-refractivity contribution in [2.24, 2.45) is 5.92 Å². The molecule has 0 saturated heterocycles. The third kappa shape index (κ3) is 6.80. The Morgan fingerprint density at radius 1 is 1.10 bits per heavy atom. The molecule has 1 amide bonds. The number of esters is 1. The summed E-state index contributed by atoms with van der Waals surface area (Å²) in [6.45, 7) is 6.31. The summed E-state index contributed by atoms with van der Waals surface area (Å²) < 4.78 is 31.5. The topological polar surface area (TPSA) is 92.8 Å². The number of carbonyl (C=O) groups is 2. The molecule has 1 fully saturated rings. The van der Waals surface area contributed by atoms with Gasteiger partial charge in [-0.3, -0.25) is 9.59 Å². The molecule has 168 valence electrons. The van der Waals surface area contributed by atoms with Crippen molar-refractivity contribution >= 4 is 21.9 Å². The summed E-state index contributed by atoms with van der Waals surface area (Å²) in [5, 5.41) is 2.96. The minimum absolute atomic E-state index is 0.134. The molecule has 1 aliphatic carbocycles. The Morgan fingerprint density at radius 2 is 1.73 bits per heavy atom. The Morgan fingerprint density at radius 3 is 2.33 bits per heavy atom. The number of ether oxygens (including phenoxy) is 1. The average molecular weight is 439 g/mol. The minimum Gasteiger partial charge on any atom is -0.456 e. The van der Waals surface area contributed by atoms with Gasteiger partial charge in [0.15, 0.2) is 6.61 Å². The van der Waals surface area contributed by atoms with Gasteiger partial charge in [0.1, 0.15) is 0 Å². The predicted molar refractivity (Wildman–Crippen MR) is 115 cm³/mol. The van der Waals surface area contributed by atoms with Gasteiger partial charge < -0.3 is 10.1 Å². The molecule has 0 radical (unpaired) electrons. The average Bonchev–Trinajstić information content (AvgIpc) is 2.73. The van der Waals surface area contributed by atoms with Crippen LogP contribution in [0.1, 0.15) is 58.4 Å². The SMILES string of the molecule is CCN(CC)S(=O)(=O)c1ccc(CCC(=O)OCC(=O)NC2CCCCC2C)cc1. The standard InChI is InChI=1S/C22H34N2O5S/c1-4-24(5-2)30(27,28)19-13-10-18(11-14-19)12-15-22(26)29-16-21(25)23-20-9-7-6-8-17(20)3/h10-11,13-14,17,20H,4-9,12,15-16H2,1-3H3,(H,23,25). The number of aryl methyl sites for hydroxylation is 1. The number of rotatable bonds is 10. The Kier molecular flexibility index (Phi) is 9.30. The van der Waals surface area contributed by atoms with Crippen LogP contribution in [-0.2, 0) is 30.8 Å². The van der Waals surface area contributed by atoms with Crippen LogP contribution in [0.3, 0.4) is 0 Å². The first kappa shape index (κ1) is 24.3. The lowest BCUT2D eigenvalue weighted by molar-refractivity contribution is -0.148. The summed E-state index contributed by atoms with van der Waals surface area (Å²) in [5.41, 5.74) is 0.839. The number of hydrogen-bond acceptors (Lipinski definition) is 5. The molecule has 7 nitrogen and oxygen atoms in total. The van der Waals surface area contributed by atoms with Crippen molar-refractivity contribution in [3.05, 3.63) is 29.8 Å². The maximum atomic E-state index is 12.5. The summed E-state index contributed by atoms with van der Waals surface area (Å²) in [5.74, 6) is -0.248. The summed E-state index contributed by atoms with van der Waals surface area (Å²) in [4.78, 5) is 24.2. The molecule has 2 atom stereocenters. The normalized spacial score (nSPS) is 19.5. The molecule has 0 bridgehead atoms. The Balaban J connectivity index is 1.77. The van der Waals surface area contributed by atoms with E-state index < -0.39 is 16.0 Å². The van der Waals surface area contributed by atoms with Crippen molar-refractivity contribution in [3.8, 4) is 0 Å². The van der Waals surface area contributed by atoms with Gasteiger partial charge in [-0.15, -0.1) is 0 Å². The fraction of sp³-hybridized carbons (Fsp3) is 0.636. The van der Waals surface area contributed by atoms with Crippen LogP contribution in [-0.4, -0.2) is 50.3 Å². The monoisotopic (exact) mass is 438 g/mol. The fourth-order valence-corrected chi connectivity index (χ4v) is 5.24. The minimum atomic E-state index is -3.49. The molecule has 1 saturated carbocycles. The van der Waals surface area contributed by atoms with E-state index in [1.807, 2.05) is 0 Å². The zero-order valence-electron chi connectivity index (χ0n) is 18.2. The van der Waals surface area contributed by atoms with E-state index in [1.54, 1.807) is 38.1 Å². The van der Waals surface area contributed by atoms with Gasteiger partial charge in [-0.1, -0.05) is 45.7 Å². The summed E-state index contributed by atoms with van der Waals surface area (Å²) >= 11 is 0. The van der Waals surface area contributed by atoms with E-state index >= 15 is 0 Å². The number of nitrogens with one attached hydrogen (secondary N) is 1. The van der Waals surface area contributed by atoms with E-state index in [0.717, 1.165) is 24.8 Å². The third-order valence-electron chi connectivity index (χ3n) is 5.71. The summed E-state index contributed by atoms with van der Waals surface area (Å²) in [7, 11) is -3.49. The molecule has 0 heterocycles. The van der Waals surface area contributed by atoms with E-state index in [4.69, 9.17) is 4.74 Å². The molecular weight excluding hydrogens is 404 g/mol. The number of carbonyl (C=O) groups excluding carboxylic acids is 2. The van der Waals surface area contributed by atoms with Crippen molar-refractivity contribution in [2.75, 3.05) is 19.7 Å². The highest BCUT2D eigenvalue weighted by Gasteiger charge is 2.23. The van der Waals surface area contributed by atoms with Crippen LogP contribution in [0.4, 0.5) is 0 Å². The summed E-state index contributed by atoms with van der Waals surface area (Å²) in [6.07, 6.45) is 4.95. The lowest BCUT2D eigenvalue weighted by atomic mass is 9.86. The maximum Gasteiger partial charge on any atom is 0.306 e. The Bertz CT molecular complexity index is 803. The highest BCUT2D eigenvalue weighted by molar-refractivity contribution is 7.89. The van der Waals surface area contributed by atoms with E-state index in [-0.39, 0.29) is 29.9 Å². The van der Waals surface area contributed by atoms with Crippen LogP contribution in [0.2, 0.25) is 0 Å². The molecule has 0 spiro atoms. The van der Waals surface area contributed by atoms with Crippen LogP contribution >= 0.6 is 0 Å². The fourth-order valence-electron chi connectivity index (χ4n) is 3.78. The van der Waals surface area contributed by atoms with Gasteiger partial charge in [0.05, 0.1) is 4.90 Å². The van der Waals surface area contributed by atoms with Crippen LogP contribution < -0.4 is 5.32 Å². The van der Waals surface area contributed by atoms with Gasteiger partial charge in [0.25, 0.3) is 5.91 Å². The lowest BCUT2D eigenvalue weighted by Crippen LogP contribution is -2.42. The van der Waals surface area contributed by atoms with Gasteiger partial charge in [0, 0.05) is 25.6 Å². The second kappa shape index (κ2) is 11.5. The molecule has 2 rings (SSSR count). The number of benzene rings is 1. The van der Waals surface area contributed by atoms with E-state index in [1.165, 1.54) is 10.7 Å². The van der Waals surface area contributed by atoms with E-state index in [0.29, 0.717) is 25.4 Å². The van der Waals surface area contributed by atoms with Crippen molar-refractivity contribution < 1.29 is 22.7 Å².